The summed E-state index contributed by atoms with van der Waals surface area (Å²) in [6.45, 7) is 8.07. The highest BCUT2D eigenvalue weighted by molar-refractivity contribution is 5.60. The lowest BCUT2D eigenvalue weighted by Crippen LogP contribution is -2.41. The molecule has 0 aliphatic carbocycles. The summed E-state index contributed by atoms with van der Waals surface area (Å²) in [5.74, 6) is 0. The molecular formula is C11H22O5. The first-order chi connectivity index (χ1) is 7.14. The summed E-state index contributed by atoms with van der Waals surface area (Å²) in [4.78, 5) is 11.4. The molecule has 0 spiro atoms. The number of carbonyl (C=O) groups excluding carboxylic acids is 1. The predicted molar refractivity (Wildman–Crippen MR) is 59.1 cm³/mol. The second-order valence-corrected chi connectivity index (χ2v) is 5.24. The van der Waals surface area contributed by atoms with Crippen molar-refractivity contribution in [2.45, 2.75) is 46.3 Å². The van der Waals surface area contributed by atoms with Crippen molar-refractivity contribution in [3.05, 3.63) is 0 Å². The van der Waals surface area contributed by atoms with Crippen LogP contribution in [0.25, 0.3) is 0 Å². The van der Waals surface area contributed by atoms with Gasteiger partial charge in [-0.05, 0) is 19.3 Å². The van der Waals surface area contributed by atoms with E-state index in [2.05, 4.69) is 0 Å². The van der Waals surface area contributed by atoms with Crippen molar-refractivity contribution in [3.8, 4) is 0 Å². The largest absolute Gasteiger partial charge is 0.509 e. The van der Waals surface area contributed by atoms with E-state index in [-0.39, 0.29) is 11.5 Å². The smallest absolute Gasteiger partial charge is 0.431 e. The van der Waals surface area contributed by atoms with Gasteiger partial charge in [0.1, 0.15) is 6.10 Å². The Morgan fingerprint density at radius 1 is 1.19 bits per heavy atom. The fourth-order valence-corrected chi connectivity index (χ4v) is 0.661. The van der Waals surface area contributed by atoms with Crippen LogP contribution in [0, 0.1) is 5.41 Å². The molecule has 5 heteroatoms. The summed E-state index contributed by atoms with van der Waals surface area (Å²) in [6.07, 6.45) is -1.20. The van der Waals surface area contributed by atoms with Gasteiger partial charge >= 0.3 is 6.16 Å². The zero-order chi connectivity index (χ0) is 13.0. The molecule has 0 rings (SSSR count). The van der Waals surface area contributed by atoms with Gasteiger partial charge in [0.15, 0.2) is 5.60 Å². The van der Waals surface area contributed by atoms with Crippen LogP contribution in [0.2, 0.25) is 0 Å². The molecule has 0 aromatic carbocycles. The molecule has 0 saturated heterocycles. The SMILES string of the molecule is C[C@@H](OC(=O)OC(C)(CO)CO)C(C)(C)C. The maximum atomic E-state index is 11.4. The highest BCUT2D eigenvalue weighted by Crippen LogP contribution is 2.22. The van der Waals surface area contributed by atoms with Gasteiger partial charge in [-0.25, -0.2) is 4.79 Å². The monoisotopic (exact) mass is 234 g/mol. The van der Waals surface area contributed by atoms with Crippen LogP contribution in [0.5, 0.6) is 0 Å². The molecule has 0 bridgehead atoms. The first-order valence-electron chi connectivity index (χ1n) is 5.26. The summed E-state index contributed by atoms with van der Waals surface area (Å²) in [7, 11) is 0. The van der Waals surface area contributed by atoms with Gasteiger partial charge in [0, 0.05) is 0 Å². The molecule has 16 heavy (non-hydrogen) atoms. The zero-order valence-corrected chi connectivity index (χ0v) is 10.6. The summed E-state index contributed by atoms with van der Waals surface area (Å²) in [5, 5.41) is 17.9. The third kappa shape index (κ3) is 4.81. The van der Waals surface area contributed by atoms with Crippen molar-refractivity contribution in [3.63, 3.8) is 0 Å². The Morgan fingerprint density at radius 2 is 1.62 bits per heavy atom. The molecule has 0 aromatic rings. The van der Waals surface area contributed by atoms with E-state index in [1.54, 1.807) is 6.92 Å². The van der Waals surface area contributed by atoms with Gasteiger partial charge in [-0.15, -0.1) is 0 Å². The molecule has 0 fully saturated rings. The Labute approximate surface area is 96.4 Å². The molecular weight excluding hydrogens is 212 g/mol. The minimum Gasteiger partial charge on any atom is -0.431 e. The van der Waals surface area contributed by atoms with Gasteiger partial charge in [0.05, 0.1) is 13.2 Å². The zero-order valence-electron chi connectivity index (χ0n) is 10.6. The lowest BCUT2D eigenvalue weighted by Gasteiger charge is -2.29. The maximum absolute atomic E-state index is 11.4. The number of hydrogen-bond acceptors (Lipinski definition) is 5. The molecule has 0 amide bonds. The number of ether oxygens (including phenoxy) is 2. The summed E-state index contributed by atoms with van der Waals surface area (Å²) < 4.78 is 9.87. The molecule has 0 unspecified atom stereocenters. The van der Waals surface area contributed by atoms with Crippen LogP contribution in [0.1, 0.15) is 34.6 Å². The van der Waals surface area contributed by atoms with Gasteiger partial charge in [-0.1, -0.05) is 20.8 Å². The van der Waals surface area contributed by atoms with Crippen LogP contribution in [0.4, 0.5) is 4.79 Å². The highest BCUT2D eigenvalue weighted by atomic mass is 16.7. The molecule has 0 heterocycles. The van der Waals surface area contributed by atoms with E-state index < -0.39 is 25.0 Å². The lowest BCUT2D eigenvalue weighted by molar-refractivity contribution is -0.0951. The highest BCUT2D eigenvalue weighted by Gasteiger charge is 2.31. The van der Waals surface area contributed by atoms with E-state index in [1.165, 1.54) is 6.92 Å². The van der Waals surface area contributed by atoms with E-state index in [1.807, 2.05) is 20.8 Å². The predicted octanol–water partition coefficient (Wildman–Crippen LogP) is 1.32. The first kappa shape index (κ1) is 15.2. The molecule has 0 aliphatic heterocycles. The summed E-state index contributed by atoms with van der Waals surface area (Å²) >= 11 is 0. The third-order valence-electron chi connectivity index (χ3n) is 2.49. The topological polar surface area (TPSA) is 76.0 Å². The molecule has 0 saturated carbocycles. The van der Waals surface area contributed by atoms with Crippen molar-refractivity contribution in [2.24, 2.45) is 5.41 Å². The van der Waals surface area contributed by atoms with Crippen molar-refractivity contribution >= 4 is 6.16 Å². The van der Waals surface area contributed by atoms with Crippen LogP contribution >= 0.6 is 0 Å². The Bertz CT molecular complexity index is 227. The van der Waals surface area contributed by atoms with Gasteiger partial charge in [-0.3, -0.25) is 0 Å². The standard InChI is InChI=1S/C11H22O5/c1-8(10(2,3)4)15-9(14)16-11(5,6-12)7-13/h8,12-13H,6-7H2,1-5H3/t8-/m1/s1. The van der Waals surface area contributed by atoms with Crippen LogP contribution < -0.4 is 0 Å². The molecule has 2 N–H and O–H groups in total. The minimum absolute atomic E-state index is 0.187. The van der Waals surface area contributed by atoms with E-state index in [4.69, 9.17) is 19.7 Å². The molecule has 0 aliphatic rings. The maximum Gasteiger partial charge on any atom is 0.509 e. The number of aliphatic hydroxyl groups excluding tert-OH is 2. The number of rotatable bonds is 4. The first-order valence-corrected chi connectivity index (χ1v) is 5.26. The van der Waals surface area contributed by atoms with Crippen molar-refractivity contribution in [2.75, 3.05) is 13.2 Å². The second kappa shape index (κ2) is 5.50. The average molecular weight is 234 g/mol. The molecule has 1 atom stereocenters. The molecule has 0 aromatic heterocycles. The normalized spacial score (nSPS) is 14.4. The van der Waals surface area contributed by atoms with Gasteiger partial charge in [0.25, 0.3) is 0 Å². The van der Waals surface area contributed by atoms with E-state index >= 15 is 0 Å². The van der Waals surface area contributed by atoms with Gasteiger partial charge in [0.2, 0.25) is 0 Å². The number of aliphatic hydroxyl groups is 2. The van der Waals surface area contributed by atoms with Crippen LogP contribution in [-0.4, -0.2) is 41.3 Å². The Kier molecular flexibility index (Phi) is 5.22. The fourth-order valence-electron chi connectivity index (χ4n) is 0.661. The Hall–Kier alpha value is -0.810. The quantitative estimate of drug-likeness (QED) is 0.717. The number of carbonyl (C=O) groups is 1. The van der Waals surface area contributed by atoms with E-state index in [9.17, 15) is 4.79 Å². The Balaban J connectivity index is 4.29. The van der Waals surface area contributed by atoms with E-state index in [0.717, 1.165) is 0 Å². The average Bonchev–Trinajstić information content (AvgIpc) is 2.15. The van der Waals surface area contributed by atoms with Gasteiger partial charge in [-0.2, -0.15) is 0 Å². The molecule has 96 valence electrons. The molecule has 5 nitrogen and oxygen atoms in total. The Morgan fingerprint density at radius 3 is 1.94 bits per heavy atom. The number of hydrogen-bond donors (Lipinski definition) is 2. The van der Waals surface area contributed by atoms with Gasteiger partial charge < -0.3 is 19.7 Å². The van der Waals surface area contributed by atoms with Crippen LogP contribution in [0.15, 0.2) is 0 Å². The second-order valence-electron chi connectivity index (χ2n) is 5.24. The lowest BCUT2D eigenvalue weighted by atomic mass is 9.90. The van der Waals surface area contributed by atoms with Crippen LogP contribution in [-0.2, 0) is 9.47 Å². The summed E-state index contributed by atoms with van der Waals surface area (Å²) in [6, 6.07) is 0. The summed E-state index contributed by atoms with van der Waals surface area (Å²) in [5.41, 5.74) is -1.48. The molecule has 0 radical (unpaired) electrons. The van der Waals surface area contributed by atoms with Crippen LogP contribution in [0.3, 0.4) is 0 Å². The van der Waals surface area contributed by atoms with Crippen molar-refractivity contribution in [1.82, 2.24) is 0 Å². The third-order valence-corrected chi connectivity index (χ3v) is 2.49. The van der Waals surface area contributed by atoms with Crippen molar-refractivity contribution < 1.29 is 24.5 Å². The fraction of sp³-hybridized carbons (Fsp3) is 0.909. The minimum atomic E-state index is -1.30. The van der Waals surface area contributed by atoms with Crippen molar-refractivity contribution in [1.29, 1.82) is 0 Å². The van der Waals surface area contributed by atoms with E-state index in [0.29, 0.717) is 0 Å².